The van der Waals surface area contributed by atoms with Gasteiger partial charge in [0.1, 0.15) is 5.82 Å². The zero-order valence-electron chi connectivity index (χ0n) is 15.7. The summed E-state index contributed by atoms with van der Waals surface area (Å²) in [5.74, 6) is -1.78. The van der Waals surface area contributed by atoms with Gasteiger partial charge in [0.15, 0.2) is 0 Å². The number of pyridine rings is 1. The zero-order valence-corrected chi connectivity index (χ0v) is 15.7. The molecular weight excluding hydrogens is 429 g/mol. The monoisotopic (exact) mass is 442 g/mol. The van der Waals surface area contributed by atoms with Crippen molar-refractivity contribution >= 4 is 11.6 Å². The van der Waals surface area contributed by atoms with Crippen molar-refractivity contribution in [2.45, 2.75) is 12.4 Å². The van der Waals surface area contributed by atoms with Gasteiger partial charge in [-0.05, 0) is 30.3 Å². The third kappa shape index (κ3) is 4.68. The van der Waals surface area contributed by atoms with Crippen molar-refractivity contribution in [3.05, 3.63) is 83.4 Å². The fourth-order valence-corrected chi connectivity index (χ4v) is 2.94. The van der Waals surface area contributed by atoms with E-state index in [1.165, 1.54) is 36.5 Å². The van der Waals surface area contributed by atoms with E-state index in [4.69, 9.17) is 0 Å². The highest BCUT2D eigenvalue weighted by Gasteiger charge is 2.38. The maximum atomic E-state index is 14.2. The zero-order chi connectivity index (χ0) is 23.0. The second kappa shape index (κ2) is 8.01. The summed E-state index contributed by atoms with van der Waals surface area (Å²) in [5.41, 5.74) is -3.78. The van der Waals surface area contributed by atoms with Crippen molar-refractivity contribution in [1.29, 1.82) is 0 Å². The summed E-state index contributed by atoms with van der Waals surface area (Å²) in [4.78, 5) is 17.5. The van der Waals surface area contributed by atoms with Crippen LogP contribution >= 0.6 is 0 Å². The maximum Gasteiger partial charge on any atom is 0.416 e. The summed E-state index contributed by atoms with van der Waals surface area (Å²) >= 11 is 0. The summed E-state index contributed by atoms with van der Waals surface area (Å²) in [6.45, 7) is 0. The molecule has 0 aliphatic rings. The van der Waals surface area contributed by atoms with E-state index in [9.17, 15) is 35.5 Å². The average molecular weight is 442 g/mol. The molecule has 1 aromatic heterocycles. The van der Waals surface area contributed by atoms with Crippen LogP contribution in [0.3, 0.4) is 0 Å². The van der Waals surface area contributed by atoms with Gasteiger partial charge in [-0.2, -0.15) is 26.3 Å². The van der Waals surface area contributed by atoms with E-state index in [2.05, 4.69) is 4.98 Å². The van der Waals surface area contributed by atoms with Crippen LogP contribution in [0.25, 0.3) is 11.1 Å². The lowest BCUT2D eigenvalue weighted by Gasteiger charge is -2.22. The molecule has 162 valence electrons. The van der Waals surface area contributed by atoms with Crippen LogP contribution in [0.4, 0.5) is 36.4 Å². The van der Waals surface area contributed by atoms with Gasteiger partial charge in [0.05, 0.1) is 23.0 Å². The highest BCUT2D eigenvalue weighted by Crippen LogP contribution is 2.37. The van der Waals surface area contributed by atoms with Crippen LogP contribution < -0.4 is 4.90 Å². The number of rotatable bonds is 3. The number of alkyl halides is 6. The number of hydrogen-bond acceptors (Lipinski definition) is 2. The van der Waals surface area contributed by atoms with Gasteiger partial charge in [0.2, 0.25) is 0 Å². The first-order chi connectivity index (χ1) is 14.4. The molecule has 10 heteroatoms. The van der Waals surface area contributed by atoms with Gasteiger partial charge >= 0.3 is 12.4 Å². The number of amides is 1. The van der Waals surface area contributed by atoms with Crippen molar-refractivity contribution in [1.82, 2.24) is 4.98 Å². The van der Waals surface area contributed by atoms with Gasteiger partial charge in [-0.25, -0.2) is 4.39 Å². The van der Waals surface area contributed by atoms with Crippen LogP contribution in [0.5, 0.6) is 0 Å². The molecule has 0 aliphatic heterocycles. The van der Waals surface area contributed by atoms with Crippen LogP contribution in [-0.2, 0) is 12.4 Å². The maximum absolute atomic E-state index is 14.2. The summed E-state index contributed by atoms with van der Waals surface area (Å²) in [5, 5.41) is 0. The highest BCUT2D eigenvalue weighted by atomic mass is 19.4. The molecule has 31 heavy (non-hydrogen) atoms. The molecule has 0 unspecified atom stereocenters. The number of carbonyl (C=O) groups is 1. The lowest BCUT2D eigenvalue weighted by atomic mass is 10.0. The Morgan fingerprint density at radius 3 is 2.00 bits per heavy atom. The fourth-order valence-electron chi connectivity index (χ4n) is 2.94. The largest absolute Gasteiger partial charge is 0.416 e. The first kappa shape index (κ1) is 22.3. The van der Waals surface area contributed by atoms with Gasteiger partial charge in [-0.1, -0.05) is 18.2 Å². The Balaban J connectivity index is 2.10. The predicted octanol–water partition coefficient (Wildman–Crippen LogP) is 6.20. The third-order valence-electron chi connectivity index (χ3n) is 4.46. The van der Waals surface area contributed by atoms with Gasteiger partial charge in [0.25, 0.3) is 5.91 Å². The SMILES string of the molecule is CN(C(=O)c1cc(C(F)(F)F)cc(C(F)(F)F)c1)c1cnccc1-c1ccccc1F. The standard InChI is InChI=1S/C21H13F7N2O/c1-30(18-11-29-7-6-16(18)15-4-2-3-5-17(15)22)19(31)12-8-13(20(23,24)25)10-14(9-12)21(26,27)28/h2-11H,1H3. The Morgan fingerprint density at radius 2 is 1.45 bits per heavy atom. The van der Waals surface area contributed by atoms with Crippen molar-refractivity contribution in [2.75, 3.05) is 11.9 Å². The van der Waals surface area contributed by atoms with Gasteiger partial charge in [-0.3, -0.25) is 9.78 Å². The van der Waals surface area contributed by atoms with Crippen LogP contribution in [-0.4, -0.2) is 17.9 Å². The summed E-state index contributed by atoms with van der Waals surface area (Å²) in [7, 11) is 1.15. The lowest BCUT2D eigenvalue weighted by Crippen LogP contribution is -2.28. The minimum Gasteiger partial charge on any atom is -0.309 e. The van der Waals surface area contributed by atoms with Crippen molar-refractivity contribution in [3.63, 3.8) is 0 Å². The molecule has 0 fully saturated rings. The van der Waals surface area contributed by atoms with E-state index in [-0.39, 0.29) is 22.9 Å². The number of carbonyl (C=O) groups excluding carboxylic acids is 1. The normalized spacial score (nSPS) is 12.0. The average Bonchev–Trinajstić information content (AvgIpc) is 2.71. The van der Waals surface area contributed by atoms with Gasteiger partial charge in [0, 0.05) is 29.9 Å². The number of hydrogen-bond donors (Lipinski definition) is 0. The lowest BCUT2D eigenvalue weighted by molar-refractivity contribution is -0.143. The minimum absolute atomic E-state index is 0.00331. The van der Waals surface area contributed by atoms with E-state index in [1.807, 2.05) is 0 Å². The number of nitrogens with zero attached hydrogens (tertiary/aromatic N) is 2. The Kier molecular flexibility index (Phi) is 5.75. The van der Waals surface area contributed by atoms with Crippen molar-refractivity contribution < 1.29 is 35.5 Å². The topological polar surface area (TPSA) is 33.2 Å². The number of anilines is 1. The minimum atomic E-state index is -5.10. The van der Waals surface area contributed by atoms with E-state index in [1.54, 1.807) is 0 Å². The molecule has 0 saturated heterocycles. The first-order valence-corrected chi connectivity index (χ1v) is 8.66. The third-order valence-corrected chi connectivity index (χ3v) is 4.46. The molecule has 0 spiro atoms. The summed E-state index contributed by atoms with van der Waals surface area (Å²) in [6, 6.07) is 7.56. The van der Waals surface area contributed by atoms with Crippen LogP contribution in [0, 0.1) is 5.82 Å². The molecule has 0 bridgehead atoms. The molecule has 0 aliphatic carbocycles. The molecule has 0 atom stereocenters. The molecule has 0 saturated carbocycles. The second-order valence-corrected chi connectivity index (χ2v) is 6.53. The van der Waals surface area contributed by atoms with E-state index in [0.717, 1.165) is 18.1 Å². The van der Waals surface area contributed by atoms with Crippen molar-refractivity contribution in [3.8, 4) is 11.1 Å². The fraction of sp³-hybridized carbons (Fsp3) is 0.143. The summed E-state index contributed by atoms with van der Waals surface area (Å²) < 4.78 is 92.9. The van der Waals surface area contributed by atoms with E-state index >= 15 is 0 Å². The molecule has 2 aromatic carbocycles. The molecule has 3 rings (SSSR count). The Bertz CT molecular complexity index is 1090. The Morgan fingerprint density at radius 1 is 0.871 bits per heavy atom. The molecule has 3 aromatic rings. The number of aromatic nitrogens is 1. The second-order valence-electron chi connectivity index (χ2n) is 6.53. The quantitative estimate of drug-likeness (QED) is 0.453. The highest BCUT2D eigenvalue weighted by molar-refractivity contribution is 6.07. The molecular formula is C21H13F7N2O. The van der Waals surface area contributed by atoms with Crippen molar-refractivity contribution in [2.24, 2.45) is 0 Å². The molecule has 1 amide bonds. The van der Waals surface area contributed by atoms with E-state index < -0.39 is 40.8 Å². The first-order valence-electron chi connectivity index (χ1n) is 8.66. The van der Waals surface area contributed by atoms with Gasteiger partial charge < -0.3 is 4.90 Å². The predicted molar refractivity (Wildman–Crippen MR) is 98.8 cm³/mol. The van der Waals surface area contributed by atoms with Crippen LogP contribution in [0.15, 0.2) is 60.9 Å². The summed E-state index contributed by atoms with van der Waals surface area (Å²) in [6.07, 6.45) is -7.71. The Labute approximate surface area is 171 Å². The smallest absolute Gasteiger partial charge is 0.309 e. The molecule has 0 radical (unpaired) electrons. The molecule has 1 heterocycles. The van der Waals surface area contributed by atoms with Crippen LogP contribution in [0.2, 0.25) is 0 Å². The van der Waals surface area contributed by atoms with Crippen LogP contribution in [0.1, 0.15) is 21.5 Å². The molecule has 3 nitrogen and oxygen atoms in total. The van der Waals surface area contributed by atoms with Gasteiger partial charge in [-0.15, -0.1) is 0 Å². The number of halogens is 7. The number of benzene rings is 2. The molecule has 0 N–H and O–H groups in total. The van der Waals surface area contributed by atoms with E-state index in [0.29, 0.717) is 12.1 Å². The Hall–Kier alpha value is -3.43.